The zero-order chi connectivity index (χ0) is 15.4. The minimum absolute atomic E-state index is 0.914. The molecule has 3 heteroatoms. The van der Waals surface area contributed by atoms with Gasteiger partial charge >= 0.3 is 0 Å². The molecule has 2 nitrogen and oxygen atoms in total. The molecule has 5 aromatic rings. The van der Waals surface area contributed by atoms with Gasteiger partial charge in [0.05, 0.1) is 5.69 Å². The number of pyridine rings is 1. The van der Waals surface area contributed by atoms with E-state index in [0.29, 0.717) is 0 Å². The average molecular weight is 315 g/mol. The second kappa shape index (κ2) is 4.67. The first kappa shape index (κ1) is 12.9. The summed E-state index contributed by atoms with van der Waals surface area (Å²) < 4.78 is 7.56. The van der Waals surface area contributed by atoms with Gasteiger partial charge in [0.1, 0.15) is 11.2 Å². The third-order valence-corrected chi connectivity index (χ3v) is 5.16. The molecule has 0 spiro atoms. The maximum absolute atomic E-state index is 6.31. The Labute approximate surface area is 137 Å². The first-order valence-corrected chi connectivity index (χ1v) is 8.44. The number of fused-ring (bicyclic) bond motifs is 5. The van der Waals surface area contributed by atoms with Crippen molar-refractivity contribution in [2.45, 2.75) is 6.92 Å². The van der Waals surface area contributed by atoms with Crippen LogP contribution in [0.15, 0.2) is 64.5 Å². The number of hydrogen-bond acceptors (Lipinski definition) is 3. The Bertz CT molecular complexity index is 1170. The summed E-state index contributed by atoms with van der Waals surface area (Å²) in [5.41, 5.74) is 5.03. The van der Waals surface area contributed by atoms with E-state index in [0.717, 1.165) is 33.4 Å². The minimum Gasteiger partial charge on any atom is -0.455 e. The van der Waals surface area contributed by atoms with Gasteiger partial charge in [0.25, 0.3) is 0 Å². The van der Waals surface area contributed by atoms with Crippen LogP contribution in [-0.4, -0.2) is 4.98 Å². The molecule has 0 amide bonds. The zero-order valence-corrected chi connectivity index (χ0v) is 13.4. The molecule has 2 aromatic carbocycles. The summed E-state index contributed by atoms with van der Waals surface area (Å²) in [6, 6.07) is 16.9. The van der Waals surface area contributed by atoms with Crippen molar-refractivity contribution in [1.82, 2.24) is 4.98 Å². The van der Waals surface area contributed by atoms with Gasteiger partial charge in [0.15, 0.2) is 0 Å². The molecule has 3 aromatic heterocycles. The molecule has 0 unspecified atom stereocenters. The molecule has 0 saturated heterocycles. The lowest BCUT2D eigenvalue weighted by atomic mass is 10.1. The Morgan fingerprint density at radius 1 is 0.870 bits per heavy atom. The van der Waals surface area contributed by atoms with Crippen molar-refractivity contribution in [3.8, 4) is 11.3 Å². The molecule has 3 heterocycles. The summed E-state index contributed by atoms with van der Waals surface area (Å²) in [4.78, 5) is 4.56. The van der Waals surface area contributed by atoms with Crippen LogP contribution in [0.25, 0.3) is 43.3 Å². The van der Waals surface area contributed by atoms with E-state index in [9.17, 15) is 0 Å². The van der Waals surface area contributed by atoms with Gasteiger partial charge in [-0.25, -0.2) is 0 Å². The molecule has 0 saturated carbocycles. The van der Waals surface area contributed by atoms with E-state index in [1.165, 1.54) is 15.5 Å². The van der Waals surface area contributed by atoms with Crippen molar-refractivity contribution in [3.05, 3.63) is 65.7 Å². The number of aryl methyl sites for hydroxylation is 1. The predicted octanol–water partition coefficient (Wildman–Crippen LogP) is 6.17. The molecule has 0 aliphatic heterocycles. The predicted molar refractivity (Wildman–Crippen MR) is 97.1 cm³/mol. The highest BCUT2D eigenvalue weighted by Gasteiger charge is 2.14. The summed E-state index contributed by atoms with van der Waals surface area (Å²) in [5, 5.41) is 5.61. The summed E-state index contributed by atoms with van der Waals surface area (Å²) in [6.07, 6.45) is 1.90. The van der Waals surface area contributed by atoms with Crippen molar-refractivity contribution in [1.29, 1.82) is 0 Å². The van der Waals surface area contributed by atoms with Gasteiger partial charge in [-0.3, -0.25) is 4.98 Å². The van der Waals surface area contributed by atoms with Crippen LogP contribution in [0, 0.1) is 6.92 Å². The minimum atomic E-state index is 0.914. The van der Waals surface area contributed by atoms with Gasteiger partial charge < -0.3 is 4.42 Å². The normalized spacial score (nSPS) is 11.7. The Kier molecular flexibility index (Phi) is 2.61. The first-order valence-electron chi connectivity index (χ1n) is 7.56. The van der Waals surface area contributed by atoms with Crippen LogP contribution in [0.2, 0.25) is 0 Å². The van der Waals surface area contributed by atoms with E-state index in [-0.39, 0.29) is 0 Å². The number of thiophene rings is 1. The second-order valence-electron chi connectivity index (χ2n) is 5.78. The molecular weight excluding hydrogens is 302 g/mol. The monoisotopic (exact) mass is 315 g/mol. The van der Waals surface area contributed by atoms with Crippen LogP contribution < -0.4 is 0 Å². The molecule has 23 heavy (non-hydrogen) atoms. The molecule has 5 rings (SSSR count). The SMILES string of the molecule is Cc1ccc(-c2cccc3c2oc2c4ccsc4ccc32)nc1. The maximum atomic E-state index is 6.31. The fourth-order valence-electron chi connectivity index (χ4n) is 3.13. The summed E-state index contributed by atoms with van der Waals surface area (Å²) in [6.45, 7) is 2.05. The number of hydrogen-bond donors (Lipinski definition) is 0. The van der Waals surface area contributed by atoms with Crippen LogP contribution in [0.4, 0.5) is 0 Å². The van der Waals surface area contributed by atoms with Gasteiger partial charge in [-0.15, -0.1) is 11.3 Å². The van der Waals surface area contributed by atoms with Gasteiger partial charge in [-0.05, 0) is 48.2 Å². The third-order valence-electron chi connectivity index (χ3n) is 4.28. The lowest BCUT2D eigenvalue weighted by molar-refractivity contribution is 0.673. The highest BCUT2D eigenvalue weighted by Crippen LogP contribution is 2.39. The number of aromatic nitrogens is 1. The standard InChI is InChI=1S/C20H13NOS/c1-12-5-7-17(21-11-12)15-4-2-3-13-14-6-8-18-16(9-10-23-18)20(14)22-19(13)15/h2-11H,1H3. The van der Waals surface area contributed by atoms with Crippen LogP contribution in [0.3, 0.4) is 0 Å². The van der Waals surface area contributed by atoms with Crippen molar-refractivity contribution in [2.75, 3.05) is 0 Å². The molecule has 0 aliphatic rings. The number of nitrogens with zero attached hydrogens (tertiary/aromatic N) is 1. The van der Waals surface area contributed by atoms with Crippen LogP contribution in [0.1, 0.15) is 5.56 Å². The molecule has 0 atom stereocenters. The molecular formula is C20H13NOS. The van der Waals surface area contributed by atoms with E-state index in [1.54, 1.807) is 11.3 Å². The Morgan fingerprint density at radius 2 is 1.78 bits per heavy atom. The van der Waals surface area contributed by atoms with Crippen molar-refractivity contribution >= 4 is 43.4 Å². The Hall–Kier alpha value is -2.65. The van der Waals surface area contributed by atoms with Crippen LogP contribution in [-0.2, 0) is 0 Å². The van der Waals surface area contributed by atoms with Crippen molar-refractivity contribution in [2.24, 2.45) is 0 Å². The first-order chi connectivity index (χ1) is 11.3. The average Bonchev–Trinajstić information content (AvgIpc) is 3.19. The zero-order valence-electron chi connectivity index (χ0n) is 12.5. The Balaban J connectivity index is 1.90. The molecule has 0 bridgehead atoms. The smallest absolute Gasteiger partial charge is 0.144 e. The van der Waals surface area contributed by atoms with Gasteiger partial charge in [-0.2, -0.15) is 0 Å². The topological polar surface area (TPSA) is 26.0 Å². The fourth-order valence-corrected chi connectivity index (χ4v) is 3.91. The van der Waals surface area contributed by atoms with Crippen LogP contribution >= 0.6 is 11.3 Å². The van der Waals surface area contributed by atoms with Crippen LogP contribution in [0.5, 0.6) is 0 Å². The van der Waals surface area contributed by atoms with Gasteiger partial charge in [-0.1, -0.05) is 18.2 Å². The molecule has 0 aliphatic carbocycles. The van der Waals surface area contributed by atoms with E-state index in [1.807, 2.05) is 13.1 Å². The lowest BCUT2D eigenvalue weighted by Crippen LogP contribution is -1.84. The fraction of sp³-hybridized carbons (Fsp3) is 0.0500. The third kappa shape index (κ3) is 1.83. The molecule has 110 valence electrons. The number of rotatable bonds is 1. The molecule has 0 radical (unpaired) electrons. The van der Waals surface area contributed by atoms with Gasteiger partial charge in [0, 0.05) is 32.6 Å². The van der Waals surface area contributed by atoms with Crippen molar-refractivity contribution in [3.63, 3.8) is 0 Å². The molecule has 0 fully saturated rings. The van der Waals surface area contributed by atoms with E-state index in [2.05, 4.69) is 58.9 Å². The Morgan fingerprint density at radius 3 is 2.65 bits per heavy atom. The summed E-state index contributed by atoms with van der Waals surface area (Å²) in [5.74, 6) is 0. The van der Waals surface area contributed by atoms with Crippen molar-refractivity contribution < 1.29 is 4.42 Å². The number of para-hydroxylation sites is 1. The van der Waals surface area contributed by atoms with Gasteiger partial charge in [0.2, 0.25) is 0 Å². The molecule has 0 N–H and O–H groups in total. The lowest BCUT2D eigenvalue weighted by Gasteiger charge is -2.02. The quantitative estimate of drug-likeness (QED) is 0.369. The maximum Gasteiger partial charge on any atom is 0.144 e. The van der Waals surface area contributed by atoms with E-state index >= 15 is 0 Å². The highest BCUT2D eigenvalue weighted by atomic mass is 32.1. The van der Waals surface area contributed by atoms with E-state index < -0.39 is 0 Å². The summed E-state index contributed by atoms with van der Waals surface area (Å²) >= 11 is 1.74. The van der Waals surface area contributed by atoms with E-state index in [4.69, 9.17) is 4.42 Å². The largest absolute Gasteiger partial charge is 0.455 e. The summed E-state index contributed by atoms with van der Waals surface area (Å²) in [7, 11) is 0. The number of benzene rings is 2. The highest BCUT2D eigenvalue weighted by molar-refractivity contribution is 7.17. The second-order valence-corrected chi connectivity index (χ2v) is 6.73. The number of furan rings is 1.